The molecule has 3 aromatic rings. The van der Waals surface area contributed by atoms with Gasteiger partial charge in [0.2, 0.25) is 0 Å². The number of alkyl halides is 1. The largest absolute Gasteiger partial charge is 0.493 e. The van der Waals surface area contributed by atoms with E-state index in [1.54, 1.807) is 18.3 Å². The molecule has 3 rings (SSSR count). The molecular formula is C23H24ClFN2O2. The topological polar surface area (TPSA) is 51.2 Å². The molecule has 152 valence electrons. The van der Waals surface area contributed by atoms with Gasteiger partial charge in [0, 0.05) is 29.2 Å². The Morgan fingerprint density at radius 2 is 2.07 bits per heavy atom. The van der Waals surface area contributed by atoms with Crippen LogP contribution in [0.2, 0.25) is 0 Å². The van der Waals surface area contributed by atoms with E-state index in [4.69, 9.17) is 16.3 Å². The molecule has 0 spiro atoms. The third-order valence-electron chi connectivity index (χ3n) is 4.98. The lowest BCUT2D eigenvalue weighted by Crippen LogP contribution is -2.15. The van der Waals surface area contributed by atoms with Gasteiger partial charge in [-0.25, -0.2) is 4.39 Å². The molecule has 1 aromatic heterocycles. The van der Waals surface area contributed by atoms with Gasteiger partial charge in [0.1, 0.15) is 11.6 Å². The molecule has 1 unspecified atom stereocenters. The van der Waals surface area contributed by atoms with E-state index in [1.807, 2.05) is 19.1 Å². The zero-order valence-electron chi connectivity index (χ0n) is 16.8. The number of fused-ring (bicyclic) bond motifs is 1. The fraction of sp³-hybridized carbons (Fsp3) is 0.304. The van der Waals surface area contributed by atoms with Crippen molar-refractivity contribution in [3.05, 3.63) is 65.1 Å². The lowest BCUT2D eigenvalue weighted by molar-refractivity contribution is 0.102. The molecule has 4 nitrogen and oxygen atoms in total. The maximum Gasteiger partial charge on any atom is 0.258 e. The molecule has 0 fully saturated rings. The lowest BCUT2D eigenvalue weighted by Gasteiger charge is -2.13. The number of rotatable bonds is 7. The van der Waals surface area contributed by atoms with E-state index < -0.39 is 11.7 Å². The number of nitrogens with zero attached hydrogens (tertiary/aromatic N) is 1. The zero-order valence-corrected chi connectivity index (χ0v) is 17.5. The first kappa shape index (κ1) is 21.1. The Morgan fingerprint density at radius 1 is 1.28 bits per heavy atom. The summed E-state index contributed by atoms with van der Waals surface area (Å²) in [5.74, 6) is 0.0476. The number of ether oxygens (including phenoxy) is 1. The number of pyridine rings is 1. The second-order valence-electron chi connectivity index (χ2n) is 7.21. The van der Waals surface area contributed by atoms with Gasteiger partial charge in [0.25, 0.3) is 5.91 Å². The summed E-state index contributed by atoms with van der Waals surface area (Å²) in [7, 11) is 0. The molecule has 2 aromatic carbocycles. The third-order valence-corrected chi connectivity index (χ3v) is 5.29. The number of aryl methyl sites for hydroxylation is 1. The smallest absolute Gasteiger partial charge is 0.258 e. The van der Waals surface area contributed by atoms with Crippen molar-refractivity contribution in [2.24, 2.45) is 5.92 Å². The van der Waals surface area contributed by atoms with E-state index in [0.29, 0.717) is 29.8 Å². The first-order valence-corrected chi connectivity index (χ1v) is 10.1. The number of hydrogen-bond donors (Lipinski definition) is 1. The Balaban J connectivity index is 1.78. The molecule has 1 N–H and O–H groups in total. The van der Waals surface area contributed by atoms with Crippen LogP contribution in [0, 0.1) is 18.7 Å². The molecule has 0 radical (unpaired) electrons. The number of nitrogens with one attached hydrogen (secondary N) is 1. The molecule has 0 aliphatic carbocycles. The average Bonchev–Trinajstić information content (AvgIpc) is 2.73. The highest BCUT2D eigenvalue weighted by atomic mass is 35.5. The summed E-state index contributed by atoms with van der Waals surface area (Å²) in [5.41, 5.74) is 3.06. The van der Waals surface area contributed by atoms with Crippen molar-refractivity contribution >= 4 is 34.1 Å². The van der Waals surface area contributed by atoms with E-state index in [9.17, 15) is 9.18 Å². The Morgan fingerprint density at radius 3 is 2.76 bits per heavy atom. The molecule has 0 aliphatic rings. The summed E-state index contributed by atoms with van der Waals surface area (Å²) in [6.07, 6.45) is 2.70. The highest BCUT2D eigenvalue weighted by Crippen LogP contribution is 2.26. The van der Waals surface area contributed by atoms with E-state index in [1.165, 1.54) is 12.1 Å². The summed E-state index contributed by atoms with van der Waals surface area (Å²) in [5, 5.41) is 3.72. The predicted molar refractivity (Wildman–Crippen MR) is 115 cm³/mol. The van der Waals surface area contributed by atoms with Crippen LogP contribution in [0.15, 0.2) is 42.6 Å². The van der Waals surface area contributed by atoms with E-state index in [-0.39, 0.29) is 5.56 Å². The van der Waals surface area contributed by atoms with Gasteiger partial charge < -0.3 is 10.1 Å². The van der Waals surface area contributed by atoms with E-state index in [2.05, 4.69) is 24.1 Å². The quantitative estimate of drug-likeness (QED) is 0.475. The monoisotopic (exact) mass is 414 g/mol. The molecule has 29 heavy (non-hydrogen) atoms. The van der Waals surface area contributed by atoms with Gasteiger partial charge in [0.05, 0.1) is 17.7 Å². The van der Waals surface area contributed by atoms with Crippen LogP contribution in [0.25, 0.3) is 10.9 Å². The Labute approximate surface area is 175 Å². The van der Waals surface area contributed by atoms with Crippen molar-refractivity contribution < 1.29 is 13.9 Å². The van der Waals surface area contributed by atoms with Gasteiger partial charge in [-0.3, -0.25) is 9.78 Å². The fourth-order valence-corrected chi connectivity index (χ4v) is 3.06. The maximum atomic E-state index is 14.5. The number of carbonyl (C=O) groups is 1. The first-order valence-electron chi connectivity index (χ1n) is 9.60. The van der Waals surface area contributed by atoms with Crippen LogP contribution < -0.4 is 10.1 Å². The van der Waals surface area contributed by atoms with Crippen LogP contribution >= 0.6 is 11.6 Å². The van der Waals surface area contributed by atoms with Crippen LogP contribution in [0.4, 0.5) is 10.1 Å². The van der Waals surface area contributed by atoms with Crippen molar-refractivity contribution in [3.8, 4) is 5.75 Å². The van der Waals surface area contributed by atoms with Crippen molar-refractivity contribution in [3.63, 3.8) is 0 Å². The molecule has 1 amide bonds. The van der Waals surface area contributed by atoms with Gasteiger partial charge in [-0.05, 0) is 48.2 Å². The molecule has 0 saturated heterocycles. The molecular weight excluding hydrogens is 391 g/mol. The Kier molecular flexibility index (Phi) is 6.70. The summed E-state index contributed by atoms with van der Waals surface area (Å²) >= 11 is 5.86. The van der Waals surface area contributed by atoms with Gasteiger partial charge >= 0.3 is 0 Å². The van der Waals surface area contributed by atoms with Crippen LogP contribution in [0.3, 0.4) is 0 Å². The summed E-state index contributed by atoms with van der Waals surface area (Å²) in [4.78, 5) is 17.1. The van der Waals surface area contributed by atoms with E-state index in [0.717, 1.165) is 28.5 Å². The van der Waals surface area contributed by atoms with Crippen molar-refractivity contribution in [2.45, 2.75) is 33.1 Å². The van der Waals surface area contributed by atoms with Crippen molar-refractivity contribution in [2.75, 3.05) is 11.9 Å². The molecule has 0 aliphatic heterocycles. The predicted octanol–water partition coefficient (Wildman–Crippen LogP) is 6.10. The SMILES string of the molecule is CCC(C)COc1ccc(C(=O)Nc2ccc3cc(CCl)cnc3c2C)c(F)c1. The summed E-state index contributed by atoms with van der Waals surface area (Å²) in [6.45, 7) is 6.52. The number of benzene rings is 2. The number of halogens is 2. The third kappa shape index (κ3) is 4.85. The number of anilines is 1. The van der Waals surface area contributed by atoms with Crippen LogP contribution in [-0.2, 0) is 5.88 Å². The normalized spacial score (nSPS) is 12.0. The molecule has 1 heterocycles. The highest BCUT2D eigenvalue weighted by molar-refractivity contribution is 6.17. The second kappa shape index (κ2) is 9.23. The second-order valence-corrected chi connectivity index (χ2v) is 7.47. The van der Waals surface area contributed by atoms with Gasteiger partial charge in [-0.2, -0.15) is 0 Å². The van der Waals surface area contributed by atoms with E-state index >= 15 is 0 Å². The fourth-order valence-electron chi connectivity index (χ4n) is 2.92. The first-order chi connectivity index (χ1) is 13.9. The lowest BCUT2D eigenvalue weighted by atomic mass is 10.1. The number of amides is 1. The molecule has 1 atom stereocenters. The van der Waals surface area contributed by atoms with Gasteiger partial charge in [0.15, 0.2) is 0 Å². The standard InChI is InChI=1S/C23H24ClFN2O2/c1-4-14(2)13-29-18-6-7-19(20(25)10-18)23(28)27-21-8-5-17-9-16(11-24)12-26-22(17)15(21)3/h5-10,12,14H,4,11,13H2,1-3H3,(H,27,28). The van der Waals surface area contributed by atoms with Gasteiger partial charge in [-0.15, -0.1) is 11.6 Å². The minimum absolute atomic E-state index is 0.0363. The summed E-state index contributed by atoms with van der Waals surface area (Å²) in [6, 6.07) is 9.92. The van der Waals surface area contributed by atoms with Crippen LogP contribution in [0.1, 0.15) is 41.8 Å². The average molecular weight is 415 g/mol. The zero-order chi connectivity index (χ0) is 21.0. The number of hydrogen-bond acceptors (Lipinski definition) is 3. The van der Waals surface area contributed by atoms with Crippen molar-refractivity contribution in [1.82, 2.24) is 4.98 Å². The van der Waals surface area contributed by atoms with Crippen LogP contribution in [0.5, 0.6) is 5.75 Å². The van der Waals surface area contributed by atoms with Crippen molar-refractivity contribution in [1.29, 1.82) is 0 Å². The van der Waals surface area contributed by atoms with Gasteiger partial charge in [-0.1, -0.05) is 26.3 Å². The Bertz CT molecular complexity index is 1040. The minimum atomic E-state index is -0.618. The summed E-state index contributed by atoms with van der Waals surface area (Å²) < 4.78 is 20.1. The maximum absolute atomic E-state index is 14.5. The number of carbonyl (C=O) groups excluding carboxylic acids is 1. The Hall–Kier alpha value is -2.66. The van der Waals surface area contributed by atoms with Crippen LogP contribution in [-0.4, -0.2) is 17.5 Å². The molecule has 0 bridgehead atoms. The molecule has 0 saturated carbocycles. The highest BCUT2D eigenvalue weighted by Gasteiger charge is 2.15. The minimum Gasteiger partial charge on any atom is -0.493 e. The number of aromatic nitrogens is 1. The molecule has 6 heteroatoms.